The van der Waals surface area contributed by atoms with Gasteiger partial charge in [0.05, 0.1) is 0 Å². The van der Waals surface area contributed by atoms with E-state index >= 15 is 0 Å². The van der Waals surface area contributed by atoms with Crippen LogP contribution in [0.1, 0.15) is 59.3 Å². The fraction of sp³-hybridized carbons (Fsp3) is 0.933. The summed E-state index contributed by atoms with van der Waals surface area (Å²) in [5.74, 6) is 0. The summed E-state index contributed by atoms with van der Waals surface area (Å²) in [4.78, 5) is 14.3. The molecular weight excluding hydrogens is 240 g/mol. The van der Waals surface area contributed by atoms with E-state index in [9.17, 15) is 4.79 Å². The summed E-state index contributed by atoms with van der Waals surface area (Å²) >= 11 is 0. The third-order valence-corrected chi connectivity index (χ3v) is 4.39. The lowest BCUT2D eigenvalue weighted by molar-refractivity contribution is 0.00468. The molecule has 108 valence electrons. The van der Waals surface area contributed by atoms with Gasteiger partial charge in [0.15, 0.2) is 0 Å². The Hall–Kier alpha value is -0.770. The number of nitrogens with zero attached hydrogens (tertiary/aromatic N) is 1. The quantitative estimate of drug-likeness (QED) is 0.835. The van der Waals surface area contributed by atoms with Gasteiger partial charge in [-0.25, -0.2) is 4.79 Å². The van der Waals surface area contributed by atoms with Gasteiger partial charge >= 0.3 is 6.09 Å². The van der Waals surface area contributed by atoms with Gasteiger partial charge in [0.25, 0.3) is 0 Å². The molecule has 19 heavy (non-hydrogen) atoms. The van der Waals surface area contributed by atoms with Crippen LogP contribution in [0, 0.1) is 0 Å². The number of amides is 1. The Balaban J connectivity index is 1.60. The summed E-state index contributed by atoms with van der Waals surface area (Å²) in [6.07, 6.45) is 7.06. The molecule has 0 aromatic heterocycles. The van der Waals surface area contributed by atoms with Crippen molar-refractivity contribution in [2.75, 3.05) is 0 Å². The SMILES string of the molecule is CC(C)(C)OC(=O)N1[C@@H]2CC[C@H]1CC(NC1CC1)C2. The second kappa shape index (κ2) is 4.65. The first-order chi connectivity index (χ1) is 8.92. The lowest BCUT2D eigenvalue weighted by atomic mass is 9.97. The summed E-state index contributed by atoms with van der Waals surface area (Å²) in [6.45, 7) is 5.82. The summed E-state index contributed by atoms with van der Waals surface area (Å²) in [5, 5.41) is 3.72. The number of carbonyl (C=O) groups is 1. The van der Waals surface area contributed by atoms with Crippen LogP contribution < -0.4 is 5.32 Å². The highest BCUT2D eigenvalue weighted by molar-refractivity contribution is 5.69. The Morgan fingerprint density at radius 3 is 2.11 bits per heavy atom. The van der Waals surface area contributed by atoms with Crippen molar-refractivity contribution in [3.05, 3.63) is 0 Å². The molecule has 1 N–H and O–H groups in total. The molecule has 0 aromatic carbocycles. The average Bonchev–Trinajstić information content (AvgIpc) is 3.02. The lowest BCUT2D eigenvalue weighted by Crippen LogP contribution is -2.52. The number of piperidine rings is 1. The summed E-state index contributed by atoms with van der Waals surface area (Å²) in [7, 11) is 0. The van der Waals surface area contributed by atoms with Crippen LogP contribution in [0.2, 0.25) is 0 Å². The first kappa shape index (κ1) is 13.2. The Morgan fingerprint density at radius 1 is 1.05 bits per heavy atom. The van der Waals surface area contributed by atoms with E-state index in [-0.39, 0.29) is 11.7 Å². The van der Waals surface area contributed by atoms with E-state index in [0.29, 0.717) is 18.1 Å². The molecular formula is C15H26N2O2. The van der Waals surface area contributed by atoms with Gasteiger partial charge in [-0.15, -0.1) is 0 Å². The first-order valence-corrected chi connectivity index (χ1v) is 7.70. The van der Waals surface area contributed by atoms with E-state index < -0.39 is 0 Å². The fourth-order valence-electron chi connectivity index (χ4n) is 3.51. The maximum Gasteiger partial charge on any atom is 0.410 e. The molecule has 0 spiro atoms. The number of rotatable bonds is 2. The zero-order valence-electron chi connectivity index (χ0n) is 12.3. The zero-order chi connectivity index (χ0) is 13.6. The molecule has 2 aliphatic heterocycles. The molecule has 4 nitrogen and oxygen atoms in total. The van der Waals surface area contributed by atoms with Crippen molar-refractivity contribution in [2.45, 2.75) is 89.1 Å². The third kappa shape index (κ3) is 3.04. The van der Waals surface area contributed by atoms with Crippen LogP contribution in [0.5, 0.6) is 0 Å². The topological polar surface area (TPSA) is 41.6 Å². The first-order valence-electron chi connectivity index (χ1n) is 7.70. The van der Waals surface area contributed by atoms with Crippen molar-refractivity contribution < 1.29 is 9.53 Å². The number of ether oxygens (including phenoxy) is 1. The highest BCUT2D eigenvalue weighted by atomic mass is 16.6. The highest BCUT2D eigenvalue weighted by Crippen LogP contribution is 2.37. The van der Waals surface area contributed by atoms with Crippen molar-refractivity contribution in [3.8, 4) is 0 Å². The number of nitrogens with one attached hydrogen (secondary N) is 1. The molecule has 4 heteroatoms. The summed E-state index contributed by atoms with van der Waals surface area (Å²) < 4.78 is 5.55. The smallest absolute Gasteiger partial charge is 0.410 e. The summed E-state index contributed by atoms with van der Waals surface area (Å²) in [5.41, 5.74) is -0.389. The number of carbonyl (C=O) groups excluding carboxylic acids is 1. The van der Waals surface area contributed by atoms with Gasteiger partial charge in [-0.2, -0.15) is 0 Å². The second-order valence-electron chi connectivity index (χ2n) is 7.38. The van der Waals surface area contributed by atoms with Crippen molar-refractivity contribution >= 4 is 6.09 Å². The largest absolute Gasteiger partial charge is 0.444 e. The van der Waals surface area contributed by atoms with Gasteiger partial charge < -0.3 is 15.0 Å². The van der Waals surface area contributed by atoms with Gasteiger partial charge in [-0.05, 0) is 59.3 Å². The van der Waals surface area contributed by atoms with Crippen LogP contribution >= 0.6 is 0 Å². The molecule has 1 aliphatic carbocycles. The average molecular weight is 266 g/mol. The van der Waals surface area contributed by atoms with Crippen LogP contribution in [0.15, 0.2) is 0 Å². The van der Waals surface area contributed by atoms with E-state index in [1.165, 1.54) is 12.8 Å². The monoisotopic (exact) mass is 266 g/mol. The van der Waals surface area contributed by atoms with Crippen LogP contribution in [0.25, 0.3) is 0 Å². The highest BCUT2D eigenvalue weighted by Gasteiger charge is 2.45. The fourth-order valence-corrected chi connectivity index (χ4v) is 3.51. The summed E-state index contributed by atoms with van der Waals surface area (Å²) in [6, 6.07) is 2.16. The molecule has 1 saturated carbocycles. The predicted molar refractivity (Wildman–Crippen MR) is 74.1 cm³/mol. The molecule has 3 aliphatic rings. The molecule has 2 bridgehead atoms. The van der Waals surface area contributed by atoms with E-state index in [2.05, 4.69) is 5.32 Å². The zero-order valence-corrected chi connectivity index (χ0v) is 12.3. The van der Waals surface area contributed by atoms with E-state index in [0.717, 1.165) is 31.7 Å². The van der Waals surface area contributed by atoms with E-state index in [4.69, 9.17) is 4.74 Å². The maximum absolute atomic E-state index is 12.3. The van der Waals surface area contributed by atoms with Crippen LogP contribution in [-0.4, -0.2) is 40.8 Å². The van der Waals surface area contributed by atoms with Gasteiger partial charge in [-0.3, -0.25) is 0 Å². The number of hydrogen-bond acceptors (Lipinski definition) is 3. The number of fused-ring (bicyclic) bond motifs is 2. The normalized spacial score (nSPS) is 34.5. The van der Waals surface area contributed by atoms with E-state index in [1.54, 1.807) is 0 Å². The van der Waals surface area contributed by atoms with Crippen molar-refractivity contribution in [2.24, 2.45) is 0 Å². The van der Waals surface area contributed by atoms with Crippen molar-refractivity contribution in [1.82, 2.24) is 10.2 Å². The standard InChI is InChI=1S/C15H26N2O2/c1-15(2,3)19-14(18)17-12-6-7-13(17)9-11(8-12)16-10-4-5-10/h10-13,16H,4-9H2,1-3H3/t11?,12-,13+. The Morgan fingerprint density at radius 2 is 1.63 bits per heavy atom. The third-order valence-electron chi connectivity index (χ3n) is 4.39. The van der Waals surface area contributed by atoms with Crippen LogP contribution in [0.3, 0.4) is 0 Å². The van der Waals surface area contributed by atoms with Gasteiger partial charge in [0, 0.05) is 24.2 Å². The van der Waals surface area contributed by atoms with Crippen LogP contribution in [-0.2, 0) is 4.74 Å². The minimum absolute atomic E-state index is 0.107. The molecule has 1 amide bonds. The Labute approximate surface area is 115 Å². The maximum atomic E-state index is 12.3. The van der Waals surface area contributed by atoms with Gasteiger partial charge in [0.1, 0.15) is 5.60 Å². The molecule has 2 saturated heterocycles. The van der Waals surface area contributed by atoms with Crippen LogP contribution in [0.4, 0.5) is 4.79 Å². The predicted octanol–water partition coefficient (Wildman–Crippen LogP) is 2.67. The molecule has 3 atom stereocenters. The Kier molecular flexibility index (Phi) is 3.24. The second-order valence-corrected chi connectivity index (χ2v) is 7.38. The lowest BCUT2D eigenvalue weighted by Gasteiger charge is -2.39. The van der Waals surface area contributed by atoms with Crippen molar-refractivity contribution in [1.29, 1.82) is 0 Å². The number of hydrogen-bond donors (Lipinski definition) is 1. The molecule has 3 fully saturated rings. The van der Waals surface area contributed by atoms with Crippen molar-refractivity contribution in [3.63, 3.8) is 0 Å². The van der Waals surface area contributed by atoms with E-state index in [1.807, 2.05) is 25.7 Å². The molecule has 2 heterocycles. The molecule has 0 radical (unpaired) electrons. The minimum Gasteiger partial charge on any atom is -0.444 e. The Bertz CT molecular complexity index is 346. The van der Waals surface area contributed by atoms with Gasteiger partial charge in [0.2, 0.25) is 0 Å². The van der Waals surface area contributed by atoms with Gasteiger partial charge in [-0.1, -0.05) is 0 Å². The molecule has 0 aromatic rings. The molecule has 1 unspecified atom stereocenters. The molecule has 3 rings (SSSR count). The minimum atomic E-state index is -0.389.